The Balaban J connectivity index is 1.57. The molecule has 3 rings (SSSR count). The van der Waals surface area contributed by atoms with Gasteiger partial charge in [-0.25, -0.2) is 0 Å². The summed E-state index contributed by atoms with van der Waals surface area (Å²) in [5.74, 6) is 0.525. The molecule has 1 aliphatic heterocycles. The minimum absolute atomic E-state index is 0.0253. The molecule has 1 aromatic rings. The number of carbonyl (C=O) groups is 2. The Kier molecular flexibility index (Phi) is 5.56. The Hall–Kier alpha value is -1.40. The van der Waals surface area contributed by atoms with E-state index in [9.17, 15) is 9.59 Å². The van der Waals surface area contributed by atoms with E-state index in [0.717, 1.165) is 30.3 Å². The summed E-state index contributed by atoms with van der Waals surface area (Å²) in [6, 6.07) is 8.19. The van der Waals surface area contributed by atoms with Crippen molar-refractivity contribution in [1.29, 1.82) is 0 Å². The number of piperidine rings is 1. The lowest BCUT2D eigenvalue weighted by atomic mass is 9.96. The molecule has 1 saturated carbocycles. The van der Waals surface area contributed by atoms with Crippen molar-refractivity contribution in [1.82, 2.24) is 10.2 Å². The van der Waals surface area contributed by atoms with Gasteiger partial charge in [0.25, 0.3) is 0 Å². The van der Waals surface area contributed by atoms with Gasteiger partial charge in [0.15, 0.2) is 0 Å². The van der Waals surface area contributed by atoms with Crippen molar-refractivity contribution in [3.63, 3.8) is 0 Å². The molecule has 1 aliphatic carbocycles. The number of nitrogens with zero attached hydrogens (tertiary/aromatic N) is 1. The number of amides is 2. The summed E-state index contributed by atoms with van der Waals surface area (Å²) in [4.78, 5) is 26.8. The second-order valence-corrected chi connectivity index (χ2v) is 7.62. The molecule has 24 heavy (non-hydrogen) atoms. The van der Waals surface area contributed by atoms with Gasteiger partial charge in [-0.15, -0.1) is 0 Å². The van der Waals surface area contributed by atoms with Gasteiger partial charge < -0.3 is 16.0 Å². The Morgan fingerprint density at radius 2 is 2.21 bits per heavy atom. The van der Waals surface area contributed by atoms with Gasteiger partial charge in [-0.2, -0.15) is 0 Å². The minimum Gasteiger partial charge on any atom is -0.355 e. The molecule has 0 bridgehead atoms. The number of nitrogens with one attached hydrogen (secondary N) is 1. The molecule has 1 aromatic carbocycles. The number of likely N-dealkylation sites (tertiary alicyclic amines) is 1. The van der Waals surface area contributed by atoms with Gasteiger partial charge in [-0.1, -0.05) is 28.1 Å². The fourth-order valence-electron chi connectivity index (χ4n) is 3.54. The zero-order valence-corrected chi connectivity index (χ0v) is 15.3. The molecule has 6 heteroatoms. The maximum atomic E-state index is 12.8. The normalized spacial score (nSPS) is 26.1. The number of benzene rings is 1. The van der Waals surface area contributed by atoms with E-state index >= 15 is 0 Å². The van der Waals surface area contributed by atoms with Gasteiger partial charge >= 0.3 is 0 Å². The second-order valence-electron chi connectivity index (χ2n) is 6.71. The Morgan fingerprint density at radius 1 is 1.38 bits per heavy atom. The SMILES string of the molecule is NCCNC(=O)C1CCCN(C(=O)C2CC2c2cccc(Br)c2)C1. The fraction of sp³-hybridized carbons (Fsp3) is 0.556. The molecule has 1 heterocycles. The molecule has 3 unspecified atom stereocenters. The van der Waals surface area contributed by atoms with E-state index in [1.165, 1.54) is 5.56 Å². The van der Waals surface area contributed by atoms with Gasteiger partial charge in [0.2, 0.25) is 11.8 Å². The van der Waals surface area contributed by atoms with Crippen LogP contribution in [-0.2, 0) is 9.59 Å². The van der Waals surface area contributed by atoms with E-state index in [1.807, 2.05) is 17.0 Å². The molecule has 2 aliphatic rings. The van der Waals surface area contributed by atoms with E-state index in [0.29, 0.717) is 25.6 Å². The first-order valence-corrected chi connectivity index (χ1v) is 9.41. The van der Waals surface area contributed by atoms with Gasteiger partial charge in [-0.3, -0.25) is 9.59 Å². The van der Waals surface area contributed by atoms with Crippen LogP contribution in [0.1, 0.15) is 30.7 Å². The van der Waals surface area contributed by atoms with Crippen LogP contribution in [0, 0.1) is 11.8 Å². The van der Waals surface area contributed by atoms with E-state index in [-0.39, 0.29) is 23.7 Å². The van der Waals surface area contributed by atoms with Crippen LogP contribution in [0.15, 0.2) is 28.7 Å². The summed E-state index contributed by atoms with van der Waals surface area (Å²) in [6.45, 7) is 2.24. The number of halogens is 1. The molecule has 3 atom stereocenters. The number of nitrogens with two attached hydrogens (primary N) is 1. The van der Waals surface area contributed by atoms with Gasteiger partial charge in [-0.05, 0) is 42.9 Å². The maximum Gasteiger partial charge on any atom is 0.226 e. The van der Waals surface area contributed by atoms with Crippen LogP contribution in [0.4, 0.5) is 0 Å². The van der Waals surface area contributed by atoms with Crippen LogP contribution >= 0.6 is 15.9 Å². The van der Waals surface area contributed by atoms with E-state index in [1.54, 1.807) is 0 Å². The number of carbonyl (C=O) groups excluding carboxylic acids is 2. The highest BCUT2D eigenvalue weighted by molar-refractivity contribution is 9.10. The lowest BCUT2D eigenvalue weighted by Crippen LogP contribution is -2.46. The van der Waals surface area contributed by atoms with Crippen molar-refractivity contribution < 1.29 is 9.59 Å². The largest absolute Gasteiger partial charge is 0.355 e. The standard InChI is InChI=1S/C18H24BrN3O2/c19-14-5-1-3-12(9-14)15-10-16(15)18(24)22-8-2-4-13(11-22)17(23)21-7-6-20/h1,3,5,9,13,15-16H,2,4,6-8,10-11,20H2,(H,21,23). The first-order valence-electron chi connectivity index (χ1n) is 8.62. The first-order chi connectivity index (χ1) is 11.6. The molecular formula is C18H24BrN3O2. The smallest absolute Gasteiger partial charge is 0.226 e. The van der Waals surface area contributed by atoms with Crippen molar-refractivity contribution in [2.45, 2.75) is 25.2 Å². The minimum atomic E-state index is -0.0997. The molecule has 0 radical (unpaired) electrons. The Labute approximate surface area is 151 Å². The highest BCUT2D eigenvalue weighted by Gasteiger charge is 2.46. The summed E-state index contributed by atoms with van der Waals surface area (Å²) >= 11 is 3.49. The lowest BCUT2D eigenvalue weighted by Gasteiger charge is -2.32. The second kappa shape index (κ2) is 7.66. The molecular weight excluding hydrogens is 370 g/mol. The van der Waals surface area contributed by atoms with Gasteiger partial charge in [0.1, 0.15) is 0 Å². The highest BCUT2D eigenvalue weighted by atomic mass is 79.9. The summed E-state index contributed by atoms with van der Waals surface area (Å²) < 4.78 is 1.05. The third-order valence-corrected chi connectivity index (χ3v) is 5.43. The van der Waals surface area contributed by atoms with Crippen molar-refractivity contribution in [2.75, 3.05) is 26.2 Å². The van der Waals surface area contributed by atoms with Gasteiger partial charge in [0, 0.05) is 36.6 Å². The number of hydrogen-bond donors (Lipinski definition) is 2. The van der Waals surface area contributed by atoms with Crippen LogP contribution in [0.5, 0.6) is 0 Å². The molecule has 2 amide bonds. The van der Waals surface area contributed by atoms with E-state index in [2.05, 4.69) is 33.4 Å². The monoisotopic (exact) mass is 393 g/mol. The lowest BCUT2D eigenvalue weighted by molar-refractivity contribution is -0.136. The van der Waals surface area contributed by atoms with Crippen LogP contribution in [0.2, 0.25) is 0 Å². The Morgan fingerprint density at radius 3 is 2.96 bits per heavy atom. The number of rotatable bonds is 5. The van der Waals surface area contributed by atoms with Crippen molar-refractivity contribution >= 4 is 27.7 Å². The summed E-state index contributed by atoms with van der Waals surface area (Å²) in [5, 5.41) is 2.84. The third-order valence-electron chi connectivity index (χ3n) is 4.93. The molecule has 5 nitrogen and oxygen atoms in total. The first kappa shape index (κ1) is 17.4. The fourth-order valence-corrected chi connectivity index (χ4v) is 3.96. The van der Waals surface area contributed by atoms with Gasteiger partial charge in [0.05, 0.1) is 5.92 Å². The molecule has 0 spiro atoms. The molecule has 3 N–H and O–H groups in total. The Bertz CT molecular complexity index is 622. The van der Waals surface area contributed by atoms with Crippen LogP contribution < -0.4 is 11.1 Å². The van der Waals surface area contributed by atoms with Crippen LogP contribution in [0.25, 0.3) is 0 Å². The van der Waals surface area contributed by atoms with E-state index in [4.69, 9.17) is 5.73 Å². The van der Waals surface area contributed by atoms with Crippen molar-refractivity contribution in [3.05, 3.63) is 34.3 Å². The summed E-state index contributed by atoms with van der Waals surface area (Å²) in [7, 11) is 0. The topological polar surface area (TPSA) is 75.4 Å². The quantitative estimate of drug-likeness (QED) is 0.801. The molecule has 130 valence electrons. The third kappa shape index (κ3) is 3.98. The average molecular weight is 394 g/mol. The summed E-state index contributed by atoms with van der Waals surface area (Å²) in [6.07, 6.45) is 2.65. The summed E-state index contributed by atoms with van der Waals surface area (Å²) in [5.41, 5.74) is 6.65. The molecule has 1 saturated heterocycles. The highest BCUT2D eigenvalue weighted by Crippen LogP contribution is 2.49. The van der Waals surface area contributed by atoms with Crippen LogP contribution in [-0.4, -0.2) is 42.9 Å². The van der Waals surface area contributed by atoms with Crippen molar-refractivity contribution in [3.8, 4) is 0 Å². The average Bonchev–Trinajstić information content (AvgIpc) is 3.40. The predicted octanol–water partition coefficient (Wildman–Crippen LogP) is 1.87. The number of hydrogen-bond acceptors (Lipinski definition) is 3. The zero-order chi connectivity index (χ0) is 17.1. The molecule has 0 aromatic heterocycles. The zero-order valence-electron chi connectivity index (χ0n) is 13.7. The molecule has 2 fully saturated rings. The predicted molar refractivity (Wildman–Crippen MR) is 96.4 cm³/mol. The van der Waals surface area contributed by atoms with Crippen molar-refractivity contribution in [2.24, 2.45) is 17.6 Å². The maximum absolute atomic E-state index is 12.8. The van der Waals surface area contributed by atoms with E-state index < -0.39 is 0 Å². The van der Waals surface area contributed by atoms with Crippen LogP contribution in [0.3, 0.4) is 0 Å².